The lowest BCUT2D eigenvalue weighted by Crippen LogP contribution is -2.37. The summed E-state index contributed by atoms with van der Waals surface area (Å²) in [7, 11) is 1.65. The highest BCUT2D eigenvalue weighted by Crippen LogP contribution is 2.43. The third-order valence-electron chi connectivity index (χ3n) is 11.3. The van der Waals surface area contributed by atoms with Crippen molar-refractivity contribution in [1.29, 1.82) is 0 Å². The van der Waals surface area contributed by atoms with Gasteiger partial charge in [-0.3, -0.25) is 13.8 Å². The van der Waals surface area contributed by atoms with Gasteiger partial charge in [0.15, 0.2) is 0 Å². The van der Waals surface area contributed by atoms with E-state index in [0.29, 0.717) is 24.1 Å². The van der Waals surface area contributed by atoms with Crippen molar-refractivity contribution in [3.63, 3.8) is 0 Å². The standard InChI is InChI=1S/C56H102NO7P/c1-6-8-10-12-14-16-18-20-22-24-26-27-28-29-30-31-32-33-35-37-39-41-43-45-47-49-56(58)64-55(54-63-65(59,60)62-52-50-57(3,4)5)53-61-51-48-46-44-42-40-38-36-34-25-23-21-19-17-15-13-11-9-7-2/h9,11,15,17-18,20-21,23-24,26,28-29,55H,6-8,10,12-14,16,19,22,25,27,30-54H2,1-5H3/p+1/b11-9-,17-15-,20-18-,23-21-,26-24-,29-28-. The molecule has 0 spiro atoms. The summed E-state index contributed by atoms with van der Waals surface area (Å²) in [6.07, 6.45) is 63.8. The van der Waals surface area contributed by atoms with Crippen LogP contribution in [0.3, 0.4) is 0 Å². The van der Waals surface area contributed by atoms with Crippen molar-refractivity contribution in [2.24, 2.45) is 0 Å². The van der Waals surface area contributed by atoms with Crippen LogP contribution in [0.5, 0.6) is 0 Å². The smallest absolute Gasteiger partial charge is 0.457 e. The number of phosphoric acid groups is 1. The maximum Gasteiger partial charge on any atom is 0.472 e. The third-order valence-corrected chi connectivity index (χ3v) is 12.2. The van der Waals surface area contributed by atoms with Crippen molar-refractivity contribution in [1.82, 2.24) is 0 Å². The van der Waals surface area contributed by atoms with E-state index in [1.807, 2.05) is 21.1 Å². The van der Waals surface area contributed by atoms with E-state index < -0.39 is 13.9 Å². The number of quaternary nitrogens is 1. The molecule has 0 aliphatic heterocycles. The number of nitrogens with zero attached hydrogens (tertiary/aromatic N) is 1. The molecule has 0 aromatic heterocycles. The number of rotatable bonds is 49. The van der Waals surface area contributed by atoms with Crippen molar-refractivity contribution in [3.05, 3.63) is 72.9 Å². The summed E-state index contributed by atoms with van der Waals surface area (Å²) in [4.78, 5) is 23.0. The number of esters is 1. The van der Waals surface area contributed by atoms with E-state index in [1.165, 1.54) is 135 Å². The Hall–Kier alpha value is -2.06. The molecule has 9 heteroatoms. The summed E-state index contributed by atoms with van der Waals surface area (Å²) in [6, 6.07) is 0. The molecule has 1 N–H and O–H groups in total. The normalized spacial score (nSPS) is 14.1. The molecule has 0 aliphatic rings. The summed E-state index contributed by atoms with van der Waals surface area (Å²) in [5.74, 6) is -0.321. The van der Waals surface area contributed by atoms with Gasteiger partial charge in [0.1, 0.15) is 19.3 Å². The van der Waals surface area contributed by atoms with Crippen LogP contribution in [0.4, 0.5) is 0 Å². The molecule has 2 unspecified atom stereocenters. The Morgan fingerprint density at radius 1 is 0.492 bits per heavy atom. The van der Waals surface area contributed by atoms with Crippen molar-refractivity contribution in [3.8, 4) is 0 Å². The number of carbonyl (C=O) groups excluding carboxylic acids is 1. The maximum atomic E-state index is 12.8. The largest absolute Gasteiger partial charge is 0.472 e. The molecule has 0 saturated carbocycles. The van der Waals surface area contributed by atoms with Gasteiger partial charge in [0.2, 0.25) is 0 Å². The molecule has 0 saturated heterocycles. The first-order valence-electron chi connectivity index (χ1n) is 26.7. The van der Waals surface area contributed by atoms with Crippen LogP contribution < -0.4 is 0 Å². The van der Waals surface area contributed by atoms with Crippen LogP contribution >= 0.6 is 7.82 Å². The SMILES string of the molecule is CC/C=C\C/C=C\C/C=C\CCCCCCCCCCOCC(COP(=O)(O)OCC[N+](C)(C)C)OC(=O)CCCCCCCCCCCC/C=C\C/C=C\C/C=C\CCCCCCC. The Morgan fingerprint density at radius 3 is 1.34 bits per heavy atom. The van der Waals surface area contributed by atoms with E-state index in [4.69, 9.17) is 18.5 Å². The van der Waals surface area contributed by atoms with Gasteiger partial charge in [-0.15, -0.1) is 0 Å². The number of phosphoric ester groups is 1. The monoisotopic (exact) mass is 933 g/mol. The second-order valence-corrected chi connectivity index (χ2v) is 20.3. The van der Waals surface area contributed by atoms with Crippen LogP contribution in [0.25, 0.3) is 0 Å². The number of allylic oxidation sites excluding steroid dienone is 12. The van der Waals surface area contributed by atoms with Crippen molar-refractivity contribution in [2.45, 2.75) is 225 Å². The molecule has 0 aromatic carbocycles. The highest BCUT2D eigenvalue weighted by atomic mass is 31.2. The fourth-order valence-electron chi connectivity index (χ4n) is 7.16. The quantitative estimate of drug-likeness (QED) is 0.0214. The second kappa shape index (κ2) is 48.4. The Bertz CT molecular complexity index is 1270. The first kappa shape index (κ1) is 62.9. The lowest BCUT2D eigenvalue weighted by molar-refractivity contribution is -0.870. The first-order valence-corrected chi connectivity index (χ1v) is 28.2. The molecule has 2 atom stereocenters. The number of hydrogen-bond acceptors (Lipinski definition) is 6. The van der Waals surface area contributed by atoms with E-state index in [9.17, 15) is 14.3 Å². The van der Waals surface area contributed by atoms with Crippen molar-refractivity contribution < 1.29 is 37.3 Å². The van der Waals surface area contributed by atoms with E-state index in [1.54, 1.807) is 0 Å². The minimum atomic E-state index is -4.29. The highest BCUT2D eigenvalue weighted by molar-refractivity contribution is 7.47. The van der Waals surface area contributed by atoms with Gasteiger partial charge in [0, 0.05) is 13.0 Å². The Balaban J connectivity index is 4.14. The summed E-state index contributed by atoms with van der Waals surface area (Å²) in [6.45, 7) is 5.49. The predicted octanol–water partition coefficient (Wildman–Crippen LogP) is 16.6. The van der Waals surface area contributed by atoms with Crippen LogP contribution in [0.2, 0.25) is 0 Å². The van der Waals surface area contributed by atoms with E-state index in [2.05, 4.69) is 86.8 Å². The van der Waals surface area contributed by atoms with E-state index in [-0.39, 0.29) is 25.8 Å². The van der Waals surface area contributed by atoms with Gasteiger partial charge in [0.05, 0.1) is 34.4 Å². The van der Waals surface area contributed by atoms with Gasteiger partial charge in [-0.2, -0.15) is 0 Å². The Kier molecular flexibility index (Phi) is 46.9. The number of ether oxygens (including phenoxy) is 2. The zero-order valence-corrected chi connectivity index (χ0v) is 43.9. The predicted molar refractivity (Wildman–Crippen MR) is 279 cm³/mol. The van der Waals surface area contributed by atoms with Crippen LogP contribution in [-0.2, 0) is 27.9 Å². The Morgan fingerprint density at radius 2 is 0.892 bits per heavy atom. The molecule has 378 valence electrons. The van der Waals surface area contributed by atoms with Crippen molar-refractivity contribution in [2.75, 3.05) is 54.1 Å². The van der Waals surface area contributed by atoms with Crippen molar-refractivity contribution >= 4 is 13.8 Å². The number of unbranched alkanes of at least 4 members (excludes halogenated alkanes) is 23. The van der Waals surface area contributed by atoms with Crippen LogP contribution in [-0.4, -0.2) is 75.6 Å². The van der Waals surface area contributed by atoms with E-state index >= 15 is 0 Å². The second-order valence-electron chi connectivity index (χ2n) is 18.9. The highest BCUT2D eigenvalue weighted by Gasteiger charge is 2.26. The van der Waals surface area contributed by atoms with Gasteiger partial charge < -0.3 is 18.9 Å². The molecule has 0 aromatic rings. The van der Waals surface area contributed by atoms with Crippen LogP contribution in [0.1, 0.15) is 219 Å². The average Bonchev–Trinajstić information content (AvgIpc) is 3.27. The van der Waals surface area contributed by atoms with Gasteiger partial charge in [-0.05, 0) is 83.5 Å². The van der Waals surface area contributed by atoms with E-state index in [0.717, 1.165) is 64.2 Å². The van der Waals surface area contributed by atoms with Crippen LogP contribution in [0.15, 0.2) is 72.9 Å². The minimum absolute atomic E-state index is 0.0831. The van der Waals surface area contributed by atoms with Gasteiger partial charge in [0.25, 0.3) is 0 Å². The zero-order valence-electron chi connectivity index (χ0n) is 43.0. The van der Waals surface area contributed by atoms with Gasteiger partial charge in [-0.25, -0.2) is 4.57 Å². The molecule has 0 rings (SSSR count). The van der Waals surface area contributed by atoms with Gasteiger partial charge >= 0.3 is 13.8 Å². The molecule has 0 radical (unpaired) electrons. The fraction of sp³-hybridized carbons (Fsp3) is 0.768. The molecule has 0 aliphatic carbocycles. The summed E-state index contributed by atoms with van der Waals surface area (Å²) in [5.41, 5.74) is 0. The summed E-state index contributed by atoms with van der Waals surface area (Å²) < 4.78 is 35.2. The van der Waals surface area contributed by atoms with Gasteiger partial charge in [-0.1, -0.05) is 202 Å². The maximum absolute atomic E-state index is 12.8. The average molecular weight is 933 g/mol. The minimum Gasteiger partial charge on any atom is -0.457 e. The molecule has 0 bridgehead atoms. The Labute approximate surface area is 402 Å². The molecule has 0 amide bonds. The molecule has 65 heavy (non-hydrogen) atoms. The number of hydrogen-bond donors (Lipinski definition) is 1. The zero-order chi connectivity index (χ0) is 47.6. The lowest BCUT2D eigenvalue weighted by Gasteiger charge is -2.24. The number of likely N-dealkylation sites (N-methyl/N-ethyl adjacent to an activating group) is 1. The third kappa shape index (κ3) is 52.8. The summed E-state index contributed by atoms with van der Waals surface area (Å²) >= 11 is 0. The topological polar surface area (TPSA) is 91.3 Å². The molecular formula is C56H103NO7P+. The molecule has 8 nitrogen and oxygen atoms in total. The van der Waals surface area contributed by atoms with Crippen LogP contribution in [0, 0.1) is 0 Å². The molecular weight excluding hydrogens is 830 g/mol. The first-order chi connectivity index (χ1) is 31.6. The molecule has 0 heterocycles. The fourth-order valence-corrected chi connectivity index (χ4v) is 7.90. The number of carbonyl (C=O) groups is 1. The summed E-state index contributed by atoms with van der Waals surface area (Å²) in [5, 5.41) is 0. The molecule has 0 fully saturated rings. The lowest BCUT2D eigenvalue weighted by atomic mass is 10.0.